The van der Waals surface area contributed by atoms with Crippen LogP contribution < -0.4 is 16.6 Å². The number of nitrogens with zero attached hydrogens (tertiary/aromatic N) is 1. The van der Waals surface area contributed by atoms with Gasteiger partial charge in [-0.1, -0.05) is 6.92 Å². The van der Waals surface area contributed by atoms with Crippen molar-refractivity contribution in [3.63, 3.8) is 0 Å². The Kier molecular flexibility index (Phi) is 5.37. The molecule has 108 valence electrons. The van der Waals surface area contributed by atoms with Gasteiger partial charge in [0.1, 0.15) is 11.6 Å². The van der Waals surface area contributed by atoms with Gasteiger partial charge in [-0.3, -0.25) is 0 Å². The molecular weight excluding hydrogens is 261 g/mol. The van der Waals surface area contributed by atoms with Crippen molar-refractivity contribution < 1.29 is 18.3 Å². The molecule has 1 heterocycles. The number of anilines is 2. The molecule has 0 spiro atoms. The summed E-state index contributed by atoms with van der Waals surface area (Å²) in [5.41, 5.74) is 1.25. The third-order valence-corrected chi connectivity index (χ3v) is 2.56. The van der Waals surface area contributed by atoms with Gasteiger partial charge in [-0.05, 0) is 25.0 Å². The predicted molar refractivity (Wildman–Crippen MR) is 66.5 cm³/mol. The summed E-state index contributed by atoms with van der Waals surface area (Å²) in [4.78, 5) is 3.86. The third kappa shape index (κ3) is 4.92. The molecule has 8 heteroatoms. The molecular formula is C11H17F3N4O. The summed E-state index contributed by atoms with van der Waals surface area (Å²) in [5, 5.41) is 12.1. The normalized spacial score (nSPS) is 13.2. The highest BCUT2D eigenvalue weighted by Gasteiger charge is 2.31. The zero-order chi connectivity index (χ0) is 14.5. The van der Waals surface area contributed by atoms with Crippen molar-refractivity contribution in [2.75, 3.05) is 17.3 Å². The van der Waals surface area contributed by atoms with E-state index in [1.54, 1.807) is 0 Å². The van der Waals surface area contributed by atoms with E-state index in [9.17, 15) is 18.3 Å². The Morgan fingerprint density at radius 1 is 1.37 bits per heavy atom. The van der Waals surface area contributed by atoms with E-state index in [-0.39, 0.29) is 11.6 Å². The molecule has 0 aromatic carbocycles. The van der Waals surface area contributed by atoms with Gasteiger partial charge in [0.25, 0.3) is 0 Å². The van der Waals surface area contributed by atoms with Crippen molar-refractivity contribution in [1.82, 2.24) is 4.98 Å². The van der Waals surface area contributed by atoms with Crippen LogP contribution in [0.25, 0.3) is 0 Å². The summed E-state index contributed by atoms with van der Waals surface area (Å²) < 4.78 is 37.9. The molecule has 1 unspecified atom stereocenters. The number of aliphatic hydroxyl groups excluding tert-OH is 1. The van der Waals surface area contributed by atoms with E-state index < -0.39 is 17.8 Å². The number of nitrogens with one attached hydrogen (secondary N) is 2. The summed E-state index contributed by atoms with van der Waals surface area (Å²) >= 11 is 0. The van der Waals surface area contributed by atoms with Crippen molar-refractivity contribution in [2.24, 2.45) is 5.84 Å². The Balaban J connectivity index is 2.77. The van der Waals surface area contributed by atoms with Crippen LogP contribution in [0.2, 0.25) is 0 Å². The molecule has 0 aliphatic carbocycles. The highest BCUT2D eigenvalue weighted by atomic mass is 19.4. The van der Waals surface area contributed by atoms with Gasteiger partial charge < -0.3 is 15.8 Å². The SMILES string of the molecule is CCC(O)CCNc1cc(C(F)(F)F)cc(NN)n1. The quantitative estimate of drug-likeness (QED) is 0.472. The van der Waals surface area contributed by atoms with Crippen LogP contribution in [-0.4, -0.2) is 22.7 Å². The number of rotatable bonds is 6. The lowest BCUT2D eigenvalue weighted by Crippen LogP contribution is -2.16. The van der Waals surface area contributed by atoms with Crippen molar-refractivity contribution >= 4 is 11.6 Å². The molecule has 0 aliphatic heterocycles. The summed E-state index contributed by atoms with van der Waals surface area (Å²) in [6.07, 6.45) is -3.92. The van der Waals surface area contributed by atoms with E-state index in [4.69, 9.17) is 5.84 Å². The van der Waals surface area contributed by atoms with Gasteiger partial charge in [0.05, 0.1) is 11.7 Å². The van der Waals surface area contributed by atoms with Crippen molar-refractivity contribution in [2.45, 2.75) is 32.0 Å². The summed E-state index contributed by atoms with van der Waals surface area (Å²) in [6.45, 7) is 2.15. The minimum atomic E-state index is -4.46. The molecule has 5 N–H and O–H groups in total. The lowest BCUT2D eigenvalue weighted by Gasteiger charge is -2.13. The molecule has 1 atom stereocenters. The summed E-state index contributed by atoms with van der Waals surface area (Å²) in [7, 11) is 0. The minimum absolute atomic E-state index is 0.0612. The first-order chi connectivity index (χ1) is 8.86. The van der Waals surface area contributed by atoms with Crippen LogP contribution in [0.3, 0.4) is 0 Å². The summed E-state index contributed by atoms with van der Waals surface area (Å²) in [6, 6.07) is 1.73. The van der Waals surface area contributed by atoms with E-state index in [0.29, 0.717) is 19.4 Å². The van der Waals surface area contributed by atoms with Gasteiger partial charge in [0.15, 0.2) is 0 Å². The van der Waals surface area contributed by atoms with Gasteiger partial charge >= 0.3 is 6.18 Å². The van der Waals surface area contributed by atoms with Gasteiger partial charge in [-0.15, -0.1) is 0 Å². The fourth-order valence-electron chi connectivity index (χ4n) is 1.43. The maximum atomic E-state index is 12.6. The number of aliphatic hydroxyl groups is 1. The second kappa shape index (κ2) is 6.58. The Morgan fingerprint density at radius 3 is 2.53 bits per heavy atom. The largest absolute Gasteiger partial charge is 0.416 e. The molecule has 0 amide bonds. The number of pyridine rings is 1. The number of nitrogen functional groups attached to an aromatic ring is 1. The molecule has 1 rings (SSSR count). The number of halogens is 3. The van der Waals surface area contributed by atoms with Gasteiger partial charge in [-0.25, -0.2) is 10.8 Å². The maximum absolute atomic E-state index is 12.6. The van der Waals surface area contributed by atoms with Crippen molar-refractivity contribution in [3.8, 4) is 0 Å². The monoisotopic (exact) mass is 278 g/mol. The van der Waals surface area contributed by atoms with Crippen molar-refractivity contribution in [1.29, 1.82) is 0 Å². The van der Waals surface area contributed by atoms with Crippen LogP contribution in [0.4, 0.5) is 24.8 Å². The van der Waals surface area contributed by atoms with Crippen LogP contribution in [-0.2, 0) is 6.18 Å². The number of nitrogens with two attached hydrogens (primary N) is 1. The average Bonchev–Trinajstić information content (AvgIpc) is 2.37. The molecule has 1 aromatic rings. The molecule has 1 aromatic heterocycles. The number of hydrogen-bond donors (Lipinski definition) is 4. The van der Waals surface area contributed by atoms with Gasteiger partial charge in [-0.2, -0.15) is 13.2 Å². The molecule has 0 bridgehead atoms. The molecule has 0 aliphatic rings. The Bertz CT molecular complexity index is 411. The second-order valence-corrected chi connectivity index (χ2v) is 4.05. The smallest absolute Gasteiger partial charge is 0.393 e. The van der Waals surface area contributed by atoms with Crippen LogP contribution in [0.15, 0.2) is 12.1 Å². The van der Waals surface area contributed by atoms with Crippen molar-refractivity contribution in [3.05, 3.63) is 17.7 Å². The highest BCUT2D eigenvalue weighted by molar-refractivity contribution is 5.49. The van der Waals surface area contributed by atoms with Crippen LogP contribution in [0.5, 0.6) is 0 Å². The van der Waals surface area contributed by atoms with E-state index in [2.05, 4.69) is 15.7 Å². The van der Waals surface area contributed by atoms with E-state index in [0.717, 1.165) is 12.1 Å². The van der Waals surface area contributed by atoms with Gasteiger partial charge in [0.2, 0.25) is 0 Å². The molecule has 0 saturated carbocycles. The van der Waals surface area contributed by atoms with Crippen LogP contribution >= 0.6 is 0 Å². The minimum Gasteiger partial charge on any atom is -0.393 e. The fourth-order valence-corrected chi connectivity index (χ4v) is 1.43. The highest BCUT2D eigenvalue weighted by Crippen LogP contribution is 2.31. The number of hydrogen-bond acceptors (Lipinski definition) is 5. The zero-order valence-corrected chi connectivity index (χ0v) is 10.5. The Hall–Kier alpha value is -1.54. The number of aromatic nitrogens is 1. The van der Waals surface area contributed by atoms with Gasteiger partial charge in [0, 0.05) is 6.54 Å². The maximum Gasteiger partial charge on any atom is 0.416 e. The second-order valence-electron chi connectivity index (χ2n) is 4.05. The lowest BCUT2D eigenvalue weighted by molar-refractivity contribution is -0.137. The fraction of sp³-hybridized carbons (Fsp3) is 0.545. The Morgan fingerprint density at radius 2 is 2.00 bits per heavy atom. The first-order valence-corrected chi connectivity index (χ1v) is 5.84. The van der Waals surface area contributed by atoms with E-state index in [1.165, 1.54) is 0 Å². The molecule has 0 radical (unpaired) electrons. The van der Waals surface area contributed by atoms with Crippen LogP contribution in [0.1, 0.15) is 25.3 Å². The number of alkyl halides is 3. The molecule has 0 fully saturated rings. The standard InChI is InChI=1S/C11H17F3N4O/c1-2-8(19)3-4-16-9-5-7(11(12,13)14)6-10(17-9)18-15/h5-6,8,19H,2-4,15H2,1H3,(H2,16,17,18). The predicted octanol–water partition coefficient (Wildman–Crippen LogP) is 1.96. The Labute approximate surface area is 109 Å². The van der Waals surface area contributed by atoms with E-state index in [1.807, 2.05) is 6.92 Å². The molecule has 0 saturated heterocycles. The lowest BCUT2D eigenvalue weighted by atomic mass is 10.2. The first-order valence-electron chi connectivity index (χ1n) is 5.84. The van der Waals surface area contributed by atoms with Crippen LogP contribution in [0, 0.1) is 0 Å². The summed E-state index contributed by atoms with van der Waals surface area (Å²) in [5.74, 6) is 5.07. The first kappa shape index (κ1) is 15.5. The number of hydrazine groups is 1. The molecule has 19 heavy (non-hydrogen) atoms. The third-order valence-electron chi connectivity index (χ3n) is 2.56. The molecule has 5 nitrogen and oxygen atoms in total. The average molecular weight is 278 g/mol. The zero-order valence-electron chi connectivity index (χ0n) is 10.5. The topological polar surface area (TPSA) is 83.2 Å². The van der Waals surface area contributed by atoms with E-state index >= 15 is 0 Å².